The van der Waals surface area contributed by atoms with E-state index in [1.807, 2.05) is 0 Å². The van der Waals surface area contributed by atoms with Crippen LogP contribution in [0.5, 0.6) is 0 Å². The molecule has 0 atom stereocenters. The highest BCUT2D eigenvalue weighted by atomic mass is 35.5. The summed E-state index contributed by atoms with van der Waals surface area (Å²) in [6.45, 7) is 0.812. The molecule has 1 rings (SSSR count). The average molecular weight is 211 g/mol. The van der Waals surface area contributed by atoms with Crippen LogP contribution in [0.4, 0.5) is 8.78 Å². The molecular formula is C8H6Cl2F2. The fourth-order valence-electron chi connectivity index (χ4n) is 0.769. The molecule has 1 aromatic rings. The van der Waals surface area contributed by atoms with Crippen molar-refractivity contribution >= 4 is 23.2 Å². The van der Waals surface area contributed by atoms with E-state index in [0.717, 1.165) is 6.92 Å². The van der Waals surface area contributed by atoms with Crippen LogP contribution >= 0.6 is 23.2 Å². The van der Waals surface area contributed by atoms with Crippen molar-refractivity contribution in [3.05, 3.63) is 33.8 Å². The molecule has 0 aromatic heterocycles. The van der Waals surface area contributed by atoms with Crippen LogP contribution in [0.2, 0.25) is 10.0 Å². The molecule has 0 aliphatic carbocycles. The number of benzene rings is 1. The molecule has 0 saturated carbocycles. The molecule has 0 spiro atoms. The van der Waals surface area contributed by atoms with Crippen LogP contribution in [-0.4, -0.2) is 0 Å². The van der Waals surface area contributed by atoms with E-state index in [1.54, 1.807) is 0 Å². The summed E-state index contributed by atoms with van der Waals surface area (Å²) in [5.41, 5.74) is -0.128. The van der Waals surface area contributed by atoms with Crippen molar-refractivity contribution in [3.63, 3.8) is 0 Å². The summed E-state index contributed by atoms with van der Waals surface area (Å²) in [5, 5.41) is 0.431. The van der Waals surface area contributed by atoms with Gasteiger partial charge < -0.3 is 0 Å². The summed E-state index contributed by atoms with van der Waals surface area (Å²) in [6, 6.07) is 3.79. The molecule has 0 N–H and O–H groups in total. The van der Waals surface area contributed by atoms with Gasteiger partial charge in [0.2, 0.25) is 0 Å². The molecule has 0 aliphatic heterocycles. The Morgan fingerprint density at radius 1 is 1.17 bits per heavy atom. The third-order valence-corrected chi connectivity index (χ3v) is 2.17. The number of hydrogen-bond donors (Lipinski definition) is 0. The molecule has 1 aromatic carbocycles. The summed E-state index contributed by atoms with van der Waals surface area (Å²) < 4.78 is 25.3. The lowest BCUT2D eigenvalue weighted by Gasteiger charge is -2.10. The fraction of sp³-hybridized carbons (Fsp3) is 0.250. The Bertz CT molecular complexity index is 292. The lowest BCUT2D eigenvalue weighted by atomic mass is 10.1. The molecule has 0 amide bonds. The van der Waals surface area contributed by atoms with Gasteiger partial charge in [0.15, 0.2) is 0 Å². The van der Waals surface area contributed by atoms with Gasteiger partial charge in [0.1, 0.15) is 0 Å². The number of halogens is 4. The predicted octanol–water partition coefficient (Wildman–Crippen LogP) is 4.11. The van der Waals surface area contributed by atoms with E-state index in [0.29, 0.717) is 0 Å². The van der Waals surface area contributed by atoms with Gasteiger partial charge in [-0.25, -0.2) is 8.78 Å². The second-order valence-electron chi connectivity index (χ2n) is 2.52. The Morgan fingerprint density at radius 2 is 1.75 bits per heavy atom. The van der Waals surface area contributed by atoms with Crippen LogP contribution in [-0.2, 0) is 5.92 Å². The minimum atomic E-state index is -2.87. The molecule has 12 heavy (non-hydrogen) atoms. The molecule has 0 heterocycles. The molecule has 66 valence electrons. The highest BCUT2D eigenvalue weighted by Crippen LogP contribution is 2.31. The van der Waals surface area contributed by atoms with Gasteiger partial charge in [0.25, 0.3) is 5.92 Å². The van der Waals surface area contributed by atoms with Gasteiger partial charge in [-0.15, -0.1) is 0 Å². The monoisotopic (exact) mass is 210 g/mol. The van der Waals surface area contributed by atoms with E-state index >= 15 is 0 Å². The Kier molecular flexibility index (Phi) is 2.59. The highest BCUT2D eigenvalue weighted by Gasteiger charge is 2.24. The van der Waals surface area contributed by atoms with E-state index in [2.05, 4.69) is 0 Å². The standard InChI is InChI=1S/C8H6Cl2F2/c1-8(11,12)5-2-3-6(9)7(10)4-5/h2-4H,1H3. The SMILES string of the molecule is CC(F)(F)c1ccc(Cl)c(Cl)c1. The van der Waals surface area contributed by atoms with Crippen molar-refractivity contribution in [3.8, 4) is 0 Å². The van der Waals surface area contributed by atoms with Crippen molar-refractivity contribution in [1.82, 2.24) is 0 Å². The minimum absolute atomic E-state index is 0.128. The normalized spacial score (nSPS) is 11.8. The molecule has 0 unspecified atom stereocenters. The smallest absolute Gasteiger partial charge is 0.202 e. The topological polar surface area (TPSA) is 0 Å². The summed E-state index contributed by atoms with van der Waals surface area (Å²) in [5.74, 6) is -2.87. The summed E-state index contributed by atoms with van der Waals surface area (Å²) in [6.07, 6.45) is 0. The summed E-state index contributed by atoms with van der Waals surface area (Å²) in [4.78, 5) is 0. The Labute approximate surface area is 79.1 Å². The Hall–Kier alpha value is -0.340. The second-order valence-corrected chi connectivity index (χ2v) is 3.33. The third kappa shape index (κ3) is 2.08. The Morgan fingerprint density at radius 3 is 2.17 bits per heavy atom. The molecule has 4 heteroatoms. The lowest BCUT2D eigenvalue weighted by Crippen LogP contribution is -2.06. The zero-order valence-electron chi connectivity index (χ0n) is 6.24. The average Bonchev–Trinajstić information content (AvgIpc) is 1.92. The zero-order chi connectivity index (χ0) is 9.35. The van der Waals surface area contributed by atoms with Gasteiger partial charge in [0.05, 0.1) is 10.0 Å². The number of alkyl halides is 2. The van der Waals surface area contributed by atoms with Gasteiger partial charge >= 0.3 is 0 Å². The van der Waals surface area contributed by atoms with Gasteiger partial charge in [-0.3, -0.25) is 0 Å². The molecule has 0 nitrogen and oxygen atoms in total. The van der Waals surface area contributed by atoms with Gasteiger partial charge in [-0.05, 0) is 12.1 Å². The van der Waals surface area contributed by atoms with Crippen molar-refractivity contribution in [1.29, 1.82) is 0 Å². The van der Waals surface area contributed by atoms with Crippen LogP contribution < -0.4 is 0 Å². The fourth-order valence-corrected chi connectivity index (χ4v) is 1.07. The van der Waals surface area contributed by atoms with Crippen LogP contribution in [0, 0.1) is 0 Å². The molecule has 0 saturated heterocycles. The zero-order valence-corrected chi connectivity index (χ0v) is 7.76. The first-order valence-electron chi connectivity index (χ1n) is 3.24. The minimum Gasteiger partial charge on any atom is -0.202 e. The maximum absolute atomic E-state index is 12.7. The van der Waals surface area contributed by atoms with Crippen molar-refractivity contribution < 1.29 is 8.78 Å². The van der Waals surface area contributed by atoms with Crippen LogP contribution in [0.1, 0.15) is 12.5 Å². The first-order valence-corrected chi connectivity index (χ1v) is 4.00. The number of rotatable bonds is 1. The maximum atomic E-state index is 12.7. The molecule has 0 radical (unpaired) electrons. The van der Waals surface area contributed by atoms with E-state index in [1.165, 1.54) is 18.2 Å². The predicted molar refractivity (Wildman–Crippen MR) is 46.0 cm³/mol. The van der Waals surface area contributed by atoms with Crippen molar-refractivity contribution in [2.75, 3.05) is 0 Å². The largest absolute Gasteiger partial charge is 0.270 e. The summed E-state index contributed by atoms with van der Waals surface area (Å²) >= 11 is 11.1. The molecule has 0 fully saturated rings. The Balaban J connectivity index is 3.14. The molecule has 0 bridgehead atoms. The van der Waals surface area contributed by atoms with Gasteiger partial charge in [-0.2, -0.15) is 0 Å². The quantitative estimate of drug-likeness (QED) is 0.655. The van der Waals surface area contributed by atoms with E-state index in [-0.39, 0.29) is 15.6 Å². The summed E-state index contributed by atoms with van der Waals surface area (Å²) in [7, 11) is 0. The van der Waals surface area contributed by atoms with E-state index < -0.39 is 5.92 Å². The number of hydrogen-bond acceptors (Lipinski definition) is 0. The van der Waals surface area contributed by atoms with E-state index in [9.17, 15) is 8.78 Å². The van der Waals surface area contributed by atoms with Crippen molar-refractivity contribution in [2.24, 2.45) is 0 Å². The third-order valence-electron chi connectivity index (χ3n) is 1.43. The van der Waals surface area contributed by atoms with Crippen molar-refractivity contribution in [2.45, 2.75) is 12.8 Å². The first kappa shape index (κ1) is 9.75. The lowest BCUT2D eigenvalue weighted by molar-refractivity contribution is 0.0175. The first-order chi connectivity index (χ1) is 5.41. The van der Waals surface area contributed by atoms with E-state index in [4.69, 9.17) is 23.2 Å². The van der Waals surface area contributed by atoms with Crippen LogP contribution in [0.25, 0.3) is 0 Å². The maximum Gasteiger partial charge on any atom is 0.270 e. The van der Waals surface area contributed by atoms with Gasteiger partial charge in [-0.1, -0.05) is 29.3 Å². The van der Waals surface area contributed by atoms with Gasteiger partial charge in [0, 0.05) is 12.5 Å². The molecular weight excluding hydrogens is 205 g/mol. The highest BCUT2D eigenvalue weighted by molar-refractivity contribution is 6.42. The van der Waals surface area contributed by atoms with Crippen LogP contribution in [0.3, 0.4) is 0 Å². The molecule has 0 aliphatic rings. The second kappa shape index (κ2) is 3.19. The van der Waals surface area contributed by atoms with Crippen LogP contribution in [0.15, 0.2) is 18.2 Å².